The van der Waals surface area contributed by atoms with Gasteiger partial charge in [0.25, 0.3) is 0 Å². The van der Waals surface area contributed by atoms with Crippen LogP contribution in [-0.4, -0.2) is 35.2 Å². The molecule has 2 rings (SSSR count). The van der Waals surface area contributed by atoms with E-state index in [0.29, 0.717) is 17.6 Å². The molecular weight excluding hydrogens is 320 g/mol. The first kappa shape index (κ1) is 18.8. The molecule has 1 atom stereocenters. The first-order chi connectivity index (χ1) is 11.9. The number of carbonyl (C=O) groups excluding carboxylic acids is 1. The van der Waals surface area contributed by atoms with Gasteiger partial charge in [-0.25, -0.2) is 4.79 Å². The van der Waals surface area contributed by atoms with Crippen molar-refractivity contribution in [2.24, 2.45) is 5.92 Å². The largest absolute Gasteiger partial charge is 0.497 e. The van der Waals surface area contributed by atoms with Gasteiger partial charge in [0, 0.05) is 13.5 Å². The molecule has 7 heteroatoms. The van der Waals surface area contributed by atoms with Crippen LogP contribution in [-0.2, 0) is 13.0 Å². The number of rotatable bonds is 7. The average molecular weight is 346 g/mol. The van der Waals surface area contributed by atoms with Gasteiger partial charge in [-0.2, -0.15) is 4.98 Å². The Morgan fingerprint density at radius 3 is 2.80 bits per heavy atom. The number of hydrogen-bond donors (Lipinski definition) is 1. The highest BCUT2D eigenvalue weighted by atomic mass is 16.5. The van der Waals surface area contributed by atoms with Gasteiger partial charge >= 0.3 is 6.03 Å². The van der Waals surface area contributed by atoms with Crippen LogP contribution in [0.25, 0.3) is 0 Å². The lowest BCUT2D eigenvalue weighted by atomic mass is 10.1. The molecule has 0 radical (unpaired) electrons. The van der Waals surface area contributed by atoms with Crippen molar-refractivity contribution >= 4 is 6.03 Å². The van der Waals surface area contributed by atoms with Crippen LogP contribution in [0.15, 0.2) is 28.8 Å². The van der Waals surface area contributed by atoms with Crippen LogP contribution in [0.2, 0.25) is 0 Å². The number of amides is 2. The predicted octanol–water partition coefficient (Wildman–Crippen LogP) is 3.18. The second kappa shape index (κ2) is 8.50. The Morgan fingerprint density at radius 2 is 2.12 bits per heavy atom. The van der Waals surface area contributed by atoms with Gasteiger partial charge < -0.3 is 19.5 Å². The van der Waals surface area contributed by atoms with Crippen LogP contribution >= 0.6 is 0 Å². The van der Waals surface area contributed by atoms with E-state index in [4.69, 9.17) is 9.26 Å². The highest BCUT2D eigenvalue weighted by molar-refractivity contribution is 5.74. The van der Waals surface area contributed by atoms with Crippen molar-refractivity contribution in [1.29, 1.82) is 0 Å². The lowest BCUT2D eigenvalue weighted by molar-refractivity contribution is 0.202. The molecule has 1 aromatic heterocycles. The second-order valence-electron chi connectivity index (χ2n) is 6.51. The number of urea groups is 1. The van der Waals surface area contributed by atoms with E-state index in [2.05, 4.69) is 29.3 Å². The van der Waals surface area contributed by atoms with Crippen LogP contribution < -0.4 is 10.1 Å². The first-order valence-corrected chi connectivity index (χ1v) is 8.36. The van der Waals surface area contributed by atoms with E-state index in [1.807, 2.05) is 31.2 Å². The molecule has 2 amide bonds. The Kier molecular flexibility index (Phi) is 6.38. The summed E-state index contributed by atoms with van der Waals surface area (Å²) in [5, 5.41) is 6.88. The van der Waals surface area contributed by atoms with Crippen molar-refractivity contribution in [2.45, 2.75) is 39.8 Å². The smallest absolute Gasteiger partial charge is 0.318 e. The molecule has 0 unspecified atom stereocenters. The summed E-state index contributed by atoms with van der Waals surface area (Å²) >= 11 is 0. The summed E-state index contributed by atoms with van der Waals surface area (Å²) in [6.07, 6.45) is 0.732. The van der Waals surface area contributed by atoms with Crippen LogP contribution in [0.4, 0.5) is 4.79 Å². The average Bonchev–Trinajstić information content (AvgIpc) is 3.00. The zero-order chi connectivity index (χ0) is 18.4. The zero-order valence-electron chi connectivity index (χ0n) is 15.4. The molecule has 2 aromatic rings. The van der Waals surface area contributed by atoms with Crippen LogP contribution in [0.1, 0.15) is 44.1 Å². The van der Waals surface area contributed by atoms with Crippen molar-refractivity contribution in [3.8, 4) is 5.75 Å². The number of nitrogens with zero attached hydrogens (tertiary/aromatic N) is 3. The molecule has 0 aliphatic rings. The quantitative estimate of drug-likeness (QED) is 0.833. The van der Waals surface area contributed by atoms with Gasteiger partial charge in [-0.15, -0.1) is 0 Å². The van der Waals surface area contributed by atoms with Crippen molar-refractivity contribution in [3.05, 3.63) is 41.5 Å². The molecule has 0 aliphatic carbocycles. The van der Waals surface area contributed by atoms with Gasteiger partial charge in [-0.3, -0.25) is 0 Å². The van der Waals surface area contributed by atoms with Crippen molar-refractivity contribution in [2.75, 3.05) is 14.2 Å². The normalized spacial score (nSPS) is 12.1. The summed E-state index contributed by atoms with van der Waals surface area (Å²) in [6, 6.07) is 7.27. The number of ether oxygens (including phenoxy) is 1. The molecule has 0 fully saturated rings. The minimum absolute atomic E-state index is 0.146. The number of nitrogens with one attached hydrogen (secondary N) is 1. The standard InChI is InChI=1S/C18H26N4O3/c1-12(2)9-17-20-16(21-25-17)11-22(4)18(23)19-13(3)14-7-6-8-15(10-14)24-5/h6-8,10,12-13H,9,11H2,1-5H3,(H,19,23)/t13-/m0/s1. The van der Waals surface area contributed by atoms with Gasteiger partial charge in [-0.05, 0) is 30.5 Å². The summed E-state index contributed by atoms with van der Waals surface area (Å²) in [7, 11) is 3.32. The molecule has 0 spiro atoms. The van der Waals surface area contributed by atoms with Gasteiger partial charge in [0.15, 0.2) is 5.82 Å². The summed E-state index contributed by atoms with van der Waals surface area (Å²) in [6.45, 7) is 6.39. The third kappa shape index (κ3) is 5.48. The number of aromatic nitrogens is 2. The Bertz CT molecular complexity index is 699. The predicted molar refractivity (Wildman–Crippen MR) is 94.2 cm³/mol. The van der Waals surface area contributed by atoms with E-state index in [0.717, 1.165) is 17.7 Å². The molecular formula is C18H26N4O3. The fourth-order valence-corrected chi connectivity index (χ4v) is 2.36. The van der Waals surface area contributed by atoms with Crippen molar-refractivity contribution < 1.29 is 14.1 Å². The molecule has 1 heterocycles. The Hall–Kier alpha value is -2.57. The topological polar surface area (TPSA) is 80.5 Å². The minimum Gasteiger partial charge on any atom is -0.497 e. The fourth-order valence-electron chi connectivity index (χ4n) is 2.36. The summed E-state index contributed by atoms with van der Waals surface area (Å²) in [5.41, 5.74) is 0.972. The van der Waals surface area contributed by atoms with Crippen LogP contribution in [0.5, 0.6) is 5.75 Å². The van der Waals surface area contributed by atoms with Gasteiger partial charge in [0.1, 0.15) is 5.75 Å². The van der Waals surface area contributed by atoms with E-state index < -0.39 is 0 Å². The summed E-state index contributed by atoms with van der Waals surface area (Å²) in [5.74, 6) is 2.31. The number of hydrogen-bond acceptors (Lipinski definition) is 5. The van der Waals surface area contributed by atoms with E-state index in [-0.39, 0.29) is 18.6 Å². The van der Waals surface area contributed by atoms with Crippen LogP contribution in [0, 0.1) is 5.92 Å². The second-order valence-corrected chi connectivity index (χ2v) is 6.51. The third-order valence-electron chi connectivity index (χ3n) is 3.75. The molecule has 0 saturated heterocycles. The van der Waals surface area contributed by atoms with Crippen molar-refractivity contribution in [3.63, 3.8) is 0 Å². The molecule has 0 bridgehead atoms. The molecule has 7 nitrogen and oxygen atoms in total. The van der Waals surface area contributed by atoms with Crippen molar-refractivity contribution in [1.82, 2.24) is 20.4 Å². The molecule has 0 aliphatic heterocycles. The van der Waals surface area contributed by atoms with E-state index in [1.54, 1.807) is 14.2 Å². The molecule has 1 aromatic carbocycles. The Labute approximate surface area is 148 Å². The summed E-state index contributed by atoms with van der Waals surface area (Å²) in [4.78, 5) is 18.2. The highest BCUT2D eigenvalue weighted by Gasteiger charge is 2.17. The lowest BCUT2D eigenvalue weighted by Crippen LogP contribution is -2.38. The lowest BCUT2D eigenvalue weighted by Gasteiger charge is -2.20. The van der Waals surface area contributed by atoms with E-state index >= 15 is 0 Å². The maximum Gasteiger partial charge on any atom is 0.318 e. The van der Waals surface area contributed by atoms with Crippen LogP contribution in [0.3, 0.4) is 0 Å². The minimum atomic E-state index is -0.203. The summed E-state index contributed by atoms with van der Waals surface area (Å²) < 4.78 is 10.4. The first-order valence-electron chi connectivity index (χ1n) is 8.36. The van der Waals surface area contributed by atoms with E-state index in [1.165, 1.54) is 4.90 Å². The van der Waals surface area contributed by atoms with Gasteiger partial charge in [0.05, 0.1) is 19.7 Å². The van der Waals surface area contributed by atoms with E-state index in [9.17, 15) is 4.79 Å². The SMILES string of the molecule is COc1cccc([C@H](C)NC(=O)N(C)Cc2noc(CC(C)C)n2)c1. The van der Waals surface area contributed by atoms with Gasteiger partial charge in [0.2, 0.25) is 5.89 Å². The maximum atomic E-state index is 12.4. The monoisotopic (exact) mass is 346 g/mol. The third-order valence-corrected chi connectivity index (χ3v) is 3.75. The Balaban J connectivity index is 1.91. The van der Waals surface area contributed by atoms with Gasteiger partial charge in [-0.1, -0.05) is 31.1 Å². The Morgan fingerprint density at radius 1 is 1.36 bits per heavy atom. The fraction of sp³-hybridized carbons (Fsp3) is 0.500. The number of carbonyl (C=O) groups is 1. The highest BCUT2D eigenvalue weighted by Crippen LogP contribution is 2.19. The number of methoxy groups -OCH3 is 1. The maximum absolute atomic E-state index is 12.4. The molecule has 25 heavy (non-hydrogen) atoms. The number of benzene rings is 1. The zero-order valence-corrected chi connectivity index (χ0v) is 15.4. The molecule has 136 valence electrons. The molecule has 1 N–H and O–H groups in total. The molecule has 0 saturated carbocycles.